The molecule has 2 N–H and O–H groups in total. The standard InChI is InChI=1S/C11H13NO3/c13-7-8-2-1-3-10-9(8)4-5-12(10)6-11(14)15/h1-3,13H,4-7H2,(H,14,15). The van der Waals surface area contributed by atoms with Gasteiger partial charge in [0.1, 0.15) is 6.54 Å². The van der Waals surface area contributed by atoms with Crippen LogP contribution >= 0.6 is 0 Å². The average molecular weight is 207 g/mol. The number of carbonyl (C=O) groups is 1. The Morgan fingerprint density at radius 1 is 1.47 bits per heavy atom. The summed E-state index contributed by atoms with van der Waals surface area (Å²) in [6.07, 6.45) is 0.819. The third-order valence-electron chi connectivity index (χ3n) is 2.72. The van der Waals surface area contributed by atoms with Crippen LogP contribution in [-0.4, -0.2) is 29.3 Å². The van der Waals surface area contributed by atoms with Crippen LogP contribution in [-0.2, 0) is 17.8 Å². The summed E-state index contributed by atoms with van der Waals surface area (Å²) >= 11 is 0. The van der Waals surface area contributed by atoms with E-state index in [1.165, 1.54) is 0 Å². The molecule has 0 aromatic heterocycles. The fraction of sp³-hybridized carbons (Fsp3) is 0.364. The molecule has 0 amide bonds. The lowest BCUT2D eigenvalue weighted by Gasteiger charge is -2.16. The molecular weight excluding hydrogens is 194 g/mol. The molecule has 0 unspecified atom stereocenters. The van der Waals surface area contributed by atoms with Crippen LogP contribution in [0.25, 0.3) is 0 Å². The second-order valence-electron chi connectivity index (χ2n) is 3.64. The minimum absolute atomic E-state index is 0.0179. The number of rotatable bonds is 3. The molecule has 15 heavy (non-hydrogen) atoms. The van der Waals surface area contributed by atoms with Gasteiger partial charge in [-0.15, -0.1) is 0 Å². The average Bonchev–Trinajstić information content (AvgIpc) is 2.61. The van der Waals surface area contributed by atoms with Crippen LogP contribution < -0.4 is 4.90 Å². The highest BCUT2D eigenvalue weighted by Gasteiger charge is 2.22. The van der Waals surface area contributed by atoms with Crippen LogP contribution in [0, 0.1) is 0 Å². The maximum atomic E-state index is 10.6. The van der Waals surface area contributed by atoms with Crippen molar-refractivity contribution in [2.45, 2.75) is 13.0 Å². The molecule has 0 bridgehead atoms. The summed E-state index contributed by atoms with van der Waals surface area (Å²) in [5.41, 5.74) is 2.94. The first-order chi connectivity index (χ1) is 7.22. The maximum absolute atomic E-state index is 10.6. The van der Waals surface area contributed by atoms with Gasteiger partial charge in [-0.25, -0.2) is 0 Å². The Hall–Kier alpha value is -1.55. The number of anilines is 1. The van der Waals surface area contributed by atoms with Crippen molar-refractivity contribution in [1.29, 1.82) is 0 Å². The van der Waals surface area contributed by atoms with E-state index in [1.54, 1.807) is 0 Å². The molecule has 1 aliphatic rings. The van der Waals surface area contributed by atoms with E-state index >= 15 is 0 Å². The van der Waals surface area contributed by atoms with Gasteiger partial charge < -0.3 is 15.1 Å². The van der Waals surface area contributed by atoms with E-state index in [0.717, 1.165) is 29.8 Å². The molecule has 0 saturated carbocycles. The van der Waals surface area contributed by atoms with Crippen molar-refractivity contribution in [2.24, 2.45) is 0 Å². The highest BCUT2D eigenvalue weighted by molar-refractivity contribution is 5.75. The first-order valence-corrected chi connectivity index (χ1v) is 4.90. The molecule has 1 aromatic carbocycles. The SMILES string of the molecule is O=C(O)CN1CCc2c(CO)cccc21. The molecule has 4 nitrogen and oxygen atoms in total. The van der Waals surface area contributed by atoms with Gasteiger partial charge in [0.05, 0.1) is 6.61 Å². The topological polar surface area (TPSA) is 60.8 Å². The van der Waals surface area contributed by atoms with Crippen LogP contribution in [0.3, 0.4) is 0 Å². The number of aliphatic hydroxyl groups is 1. The summed E-state index contributed by atoms with van der Waals surface area (Å²) in [5.74, 6) is -0.822. The van der Waals surface area contributed by atoms with Crippen LogP contribution in [0.2, 0.25) is 0 Å². The van der Waals surface area contributed by atoms with Gasteiger partial charge in [0.2, 0.25) is 0 Å². The van der Waals surface area contributed by atoms with E-state index in [4.69, 9.17) is 10.2 Å². The van der Waals surface area contributed by atoms with Crippen molar-refractivity contribution in [3.63, 3.8) is 0 Å². The minimum atomic E-state index is -0.822. The summed E-state index contributed by atoms with van der Waals surface area (Å²) in [5, 5.41) is 17.9. The largest absolute Gasteiger partial charge is 0.480 e. The Kier molecular flexibility index (Phi) is 2.60. The van der Waals surface area contributed by atoms with Crippen LogP contribution in [0.4, 0.5) is 5.69 Å². The van der Waals surface area contributed by atoms with E-state index in [-0.39, 0.29) is 13.2 Å². The molecule has 0 radical (unpaired) electrons. The summed E-state index contributed by atoms with van der Waals surface area (Å²) in [4.78, 5) is 12.5. The molecule has 1 heterocycles. The molecule has 0 spiro atoms. The predicted molar refractivity (Wildman–Crippen MR) is 55.9 cm³/mol. The monoisotopic (exact) mass is 207 g/mol. The summed E-state index contributed by atoms with van der Waals surface area (Å²) in [6, 6.07) is 5.64. The molecule has 1 aliphatic heterocycles. The molecule has 0 atom stereocenters. The molecule has 1 aromatic rings. The molecular formula is C11H13NO3. The lowest BCUT2D eigenvalue weighted by atomic mass is 10.1. The number of nitrogens with zero attached hydrogens (tertiary/aromatic N) is 1. The van der Waals surface area contributed by atoms with Gasteiger partial charge in [0.25, 0.3) is 0 Å². The van der Waals surface area contributed by atoms with E-state index in [9.17, 15) is 4.79 Å². The van der Waals surface area contributed by atoms with Crippen molar-refractivity contribution in [3.8, 4) is 0 Å². The van der Waals surface area contributed by atoms with Gasteiger partial charge in [-0.3, -0.25) is 4.79 Å². The Balaban J connectivity index is 2.31. The van der Waals surface area contributed by atoms with Crippen molar-refractivity contribution in [1.82, 2.24) is 0 Å². The third kappa shape index (κ3) is 1.80. The first-order valence-electron chi connectivity index (χ1n) is 4.90. The van der Waals surface area contributed by atoms with Crippen molar-refractivity contribution < 1.29 is 15.0 Å². The summed E-state index contributed by atoms with van der Waals surface area (Å²) in [7, 11) is 0. The number of aliphatic hydroxyl groups excluding tert-OH is 1. The zero-order valence-electron chi connectivity index (χ0n) is 8.31. The summed E-state index contributed by atoms with van der Waals surface area (Å²) in [6.45, 7) is 0.768. The zero-order chi connectivity index (χ0) is 10.8. The second-order valence-corrected chi connectivity index (χ2v) is 3.64. The van der Waals surface area contributed by atoms with Gasteiger partial charge in [-0.1, -0.05) is 12.1 Å². The molecule has 0 aliphatic carbocycles. The molecule has 0 fully saturated rings. The smallest absolute Gasteiger partial charge is 0.323 e. The number of hydrogen-bond donors (Lipinski definition) is 2. The molecule has 0 saturated heterocycles. The highest BCUT2D eigenvalue weighted by atomic mass is 16.4. The summed E-state index contributed by atoms with van der Waals surface area (Å²) < 4.78 is 0. The van der Waals surface area contributed by atoms with Gasteiger partial charge in [0.15, 0.2) is 0 Å². The number of fused-ring (bicyclic) bond motifs is 1. The normalized spacial score (nSPS) is 14.1. The van der Waals surface area contributed by atoms with Crippen LogP contribution in [0.1, 0.15) is 11.1 Å². The van der Waals surface area contributed by atoms with E-state index < -0.39 is 5.97 Å². The lowest BCUT2D eigenvalue weighted by molar-refractivity contribution is -0.135. The lowest BCUT2D eigenvalue weighted by Crippen LogP contribution is -2.27. The number of aliphatic carboxylic acids is 1. The van der Waals surface area contributed by atoms with Gasteiger partial charge >= 0.3 is 5.97 Å². The second kappa shape index (κ2) is 3.90. The Labute approximate surface area is 87.8 Å². The minimum Gasteiger partial charge on any atom is -0.480 e. The Morgan fingerprint density at radius 2 is 2.27 bits per heavy atom. The van der Waals surface area contributed by atoms with Crippen molar-refractivity contribution in [2.75, 3.05) is 18.0 Å². The fourth-order valence-electron chi connectivity index (χ4n) is 2.05. The third-order valence-corrected chi connectivity index (χ3v) is 2.72. The number of carboxylic acid groups (broad SMARTS) is 1. The quantitative estimate of drug-likeness (QED) is 0.763. The van der Waals surface area contributed by atoms with Crippen LogP contribution in [0.5, 0.6) is 0 Å². The Morgan fingerprint density at radius 3 is 2.93 bits per heavy atom. The van der Waals surface area contributed by atoms with E-state index in [2.05, 4.69) is 0 Å². The van der Waals surface area contributed by atoms with Crippen molar-refractivity contribution in [3.05, 3.63) is 29.3 Å². The predicted octanol–water partition coefficient (Wildman–Crippen LogP) is 0.626. The number of carboxylic acids is 1. The van der Waals surface area contributed by atoms with E-state index in [1.807, 2.05) is 23.1 Å². The first kappa shape index (κ1) is 9.98. The number of benzene rings is 1. The molecule has 80 valence electrons. The van der Waals surface area contributed by atoms with Gasteiger partial charge in [0, 0.05) is 12.2 Å². The zero-order valence-corrected chi connectivity index (χ0v) is 8.31. The van der Waals surface area contributed by atoms with E-state index in [0.29, 0.717) is 0 Å². The van der Waals surface area contributed by atoms with Crippen LogP contribution in [0.15, 0.2) is 18.2 Å². The maximum Gasteiger partial charge on any atom is 0.323 e. The Bertz CT molecular complexity index is 389. The van der Waals surface area contributed by atoms with Gasteiger partial charge in [-0.2, -0.15) is 0 Å². The fourth-order valence-corrected chi connectivity index (χ4v) is 2.05. The number of hydrogen-bond acceptors (Lipinski definition) is 3. The van der Waals surface area contributed by atoms with Crippen molar-refractivity contribution >= 4 is 11.7 Å². The molecule has 2 rings (SSSR count). The molecule has 4 heteroatoms. The highest BCUT2D eigenvalue weighted by Crippen LogP contribution is 2.30. The van der Waals surface area contributed by atoms with Gasteiger partial charge in [-0.05, 0) is 23.6 Å².